The van der Waals surface area contributed by atoms with Crippen molar-refractivity contribution in [2.45, 2.75) is 26.4 Å². The zero-order chi connectivity index (χ0) is 14.6. The molecule has 5 heteroatoms. The molecule has 0 aliphatic carbocycles. The van der Waals surface area contributed by atoms with Crippen LogP contribution in [0, 0.1) is 5.82 Å². The van der Waals surface area contributed by atoms with Gasteiger partial charge in [-0.1, -0.05) is 0 Å². The third-order valence-corrected chi connectivity index (χ3v) is 2.65. The molecule has 0 aliphatic heterocycles. The first-order chi connectivity index (χ1) is 8.78. The highest BCUT2D eigenvalue weighted by molar-refractivity contribution is 5.94. The molecule has 0 unspecified atom stereocenters. The van der Waals surface area contributed by atoms with E-state index in [0.717, 1.165) is 0 Å². The van der Waals surface area contributed by atoms with Crippen LogP contribution in [0.1, 0.15) is 31.1 Å². The Morgan fingerprint density at radius 3 is 2.53 bits per heavy atom. The average molecular weight is 269 g/mol. The summed E-state index contributed by atoms with van der Waals surface area (Å²) in [5.74, 6) is -0.706. The monoisotopic (exact) mass is 269 g/mol. The number of methoxy groups -OCH3 is 1. The molecule has 0 aromatic heterocycles. The SMILES string of the molecule is CCN(CC(C)(C)O)C(=O)c1ccc(OC)cc1F. The molecular weight excluding hydrogens is 249 g/mol. The van der Waals surface area contributed by atoms with Crippen LogP contribution in [0.15, 0.2) is 18.2 Å². The molecule has 0 saturated carbocycles. The van der Waals surface area contributed by atoms with E-state index in [-0.39, 0.29) is 12.1 Å². The maximum atomic E-state index is 13.8. The van der Waals surface area contributed by atoms with E-state index >= 15 is 0 Å². The molecule has 0 aliphatic rings. The summed E-state index contributed by atoms with van der Waals surface area (Å²) in [6.45, 7) is 5.54. The number of hydrogen-bond acceptors (Lipinski definition) is 3. The Morgan fingerprint density at radius 1 is 1.47 bits per heavy atom. The van der Waals surface area contributed by atoms with Crippen LogP contribution in [-0.4, -0.2) is 41.7 Å². The van der Waals surface area contributed by atoms with E-state index in [1.165, 1.54) is 30.2 Å². The molecule has 1 N–H and O–H groups in total. The predicted octanol–water partition coefficient (Wildman–Crippen LogP) is 2.07. The first-order valence-electron chi connectivity index (χ1n) is 6.13. The zero-order valence-electron chi connectivity index (χ0n) is 11.7. The Labute approximate surface area is 112 Å². The van der Waals surface area contributed by atoms with E-state index < -0.39 is 17.3 Å². The van der Waals surface area contributed by atoms with Gasteiger partial charge in [0.1, 0.15) is 11.6 Å². The Kier molecular flexibility index (Phi) is 4.89. The van der Waals surface area contributed by atoms with Crippen molar-refractivity contribution in [1.29, 1.82) is 0 Å². The predicted molar refractivity (Wildman–Crippen MR) is 70.8 cm³/mol. The lowest BCUT2D eigenvalue weighted by Gasteiger charge is -2.28. The van der Waals surface area contributed by atoms with E-state index in [0.29, 0.717) is 12.3 Å². The molecule has 4 nitrogen and oxygen atoms in total. The van der Waals surface area contributed by atoms with Crippen LogP contribution in [0.3, 0.4) is 0 Å². The summed E-state index contributed by atoms with van der Waals surface area (Å²) in [6, 6.07) is 4.10. The van der Waals surface area contributed by atoms with Gasteiger partial charge in [0.05, 0.1) is 18.3 Å². The number of carbonyl (C=O) groups is 1. The van der Waals surface area contributed by atoms with E-state index in [2.05, 4.69) is 0 Å². The molecule has 0 spiro atoms. The van der Waals surface area contributed by atoms with Gasteiger partial charge < -0.3 is 14.7 Å². The summed E-state index contributed by atoms with van der Waals surface area (Å²) in [5, 5.41) is 9.76. The topological polar surface area (TPSA) is 49.8 Å². The minimum atomic E-state index is -1.02. The highest BCUT2D eigenvalue weighted by Gasteiger charge is 2.24. The lowest BCUT2D eigenvalue weighted by molar-refractivity contribution is 0.0312. The summed E-state index contributed by atoms with van der Waals surface area (Å²) in [4.78, 5) is 13.6. The van der Waals surface area contributed by atoms with Crippen molar-refractivity contribution >= 4 is 5.91 Å². The van der Waals surface area contributed by atoms with Crippen molar-refractivity contribution in [3.05, 3.63) is 29.6 Å². The Balaban J connectivity index is 2.98. The van der Waals surface area contributed by atoms with Crippen molar-refractivity contribution in [3.63, 3.8) is 0 Å². The lowest BCUT2D eigenvalue weighted by atomic mass is 10.1. The molecule has 1 aromatic rings. The number of benzene rings is 1. The Morgan fingerprint density at radius 2 is 2.11 bits per heavy atom. The van der Waals surface area contributed by atoms with Gasteiger partial charge >= 0.3 is 0 Å². The summed E-state index contributed by atoms with van der Waals surface area (Å²) in [7, 11) is 1.43. The maximum absolute atomic E-state index is 13.8. The van der Waals surface area contributed by atoms with Crippen LogP contribution >= 0.6 is 0 Å². The molecule has 1 rings (SSSR count). The maximum Gasteiger partial charge on any atom is 0.256 e. The summed E-state index contributed by atoms with van der Waals surface area (Å²) < 4.78 is 18.7. The van der Waals surface area contributed by atoms with Crippen molar-refractivity contribution in [3.8, 4) is 5.75 Å². The molecule has 0 bridgehead atoms. The van der Waals surface area contributed by atoms with E-state index in [1.807, 2.05) is 0 Å². The van der Waals surface area contributed by atoms with Gasteiger partial charge in [-0.25, -0.2) is 4.39 Å². The molecule has 0 radical (unpaired) electrons. The minimum Gasteiger partial charge on any atom is -0.497 e. The number of hydrogen-bond donors (Lipinski definition) is 1. The second-order valence-corrected chi connectivity index (χ2v) is 4.98. The van der Waals surface area contributed by atoms with Gasteiger partial charge in [-0.3, -0.25) is 4.79 Å². The molecular formula is C14H20FNO3. The average Bonchev–Trinajstić information content (AvgIpc) is 2.33. The fraction of sp³-hybridized carbons (Fsp3) is 0.500. The third kappa shape index (κ3) is 4.21. The highest BCUT2D eigenvalue weighted by atomic mass is 19.1. The van der Waals surface area contributed by atoms with E-state index in [9.17, 15) is 14.3 Å². The number of halogens is 1. The molecule has 0 saturated heterocycles. The second-order valence-electron chi connectivity index (χ2n) is 4.98. The van der Waals surface area contributed by atoms with Crippen LogP contribution < -0.4 is 4.74 Å². The van der Waals surface area contributed by atoms with Crippen LogP contribution in [-0.2, 0) is 0 Å². The highest BCUT2D eigenvalue weighted by Crippen LogP contribution is 2.18. The molecule has 0 heterocycles. The smallest absolute Gasteiger partial charge is 0.256 e. The van der Waals surface area contributed by atoms with Crippen molar-refractivity contribution in [2.75, 3.05) is 20.2 Å². The number of aliphatic hydroxyl groups is 1. The van der Waals surface area contributed by atoms with Crippen LogP contribution in [0.2, 0.25) is 0 Å². The minimum absolute atomic E-state index is 0.0214. The lowest BCUT2D eigenvalue weighted by Crippen LogP contribution is -2.42. The van der Waals surface area contributed by atoms with E-state index in [1.54, 1.807) is 20.8 Å². The van der Waals surface area contributed by atoms with Gasteiger partial charge in [0.25, 0.3) is 5.91 Å². The summed E-state index contributed by atoms with van der Waals surface area (Å²) in [6.07, 6.45) is 0. The fourth-order valence-electron chi connectivity index (χ4n) is 1.76. The molecule has 1 aromatic carbocycles. The van der Waals surface area contributed by atoms with Gasteiger partial charge in [0.15, 0.2) is 0 Å². The number of rotatable bonds is 5. The van der Waals surface area contributed by atoms with Crippen molar-refractivity contribution < 1.29 is 19.0 Å². The number of nitrogens with zero attached hydrogens (tertiary/aromatic N) is 1. The normalized spacial score (nSPS) is 11.3. The van der Waals surface area contributed by atoms with Gasteiger partial charge in [-0.2, -0.15) is 0 Å². The molecule has 0 atom stereocenters. The quantitative estimate of drug-likeness (QED) is 0.890. The van der Waals surface area contributed by atoms with Gasteiger partial charge in [-0.05, 0) is 32.9 Å². The first kappa shape index (κ1) is 15.4. The van der Waals surface area contributed by atoms with Gasteiger partial charge in [-0.15, -0.1) is 0 Å². The third-order valence-electron chi connectivity index (χ3n) is 2.65. The number of ether oxygens (including phenoxy) is 1. The van der Waals surface area contributed by atoms with Crippen LogP contribution in [0.5, 0.6) is 5.75 Å². The molecule has 0 fully saturated rings. The fourth-order valence-corrected chi connectivity index (χ4v) is 1.76. The van der Waals surface area contributed by atoms with Crippen LogP contribution in [0.4, 0.5) is 4.39 Å². The van der Waals surface area contributed by atoms with Crippen LogP contribution in [0.25, 0.3) is 0 Å². The first-order valence-corrected chi connectivity index (χ1v) is 6.13. The molecule has 1 amide bonds. The number of likely N-dealkylation sites (N-methyl/N-ethyl adjacent to an activating group) is 1. The van der Waals surface area contributed by atoms with Gasteiger partial charge in [0, 0.05) is 19.2 Å². The Bertz CT molecular complexity index is 454. The van der Waals surface area contributed by atoms with Gasteiger partial charge in [0.2, 0.25) is 0 Å². The summed E-state index contributed by atoms with van der Waals surface area (Å²) in [5.41, 5.74) is -1.04. The zero-order valence-corrected chi connectivity index (χ0v) is 11.7. The second kappa shape index (κ2) is 6.02. The number of carbonyl (C=O) groups excluding carboxylic acids is 1. The summed E-state index contributed by atoms with van der Waals surface area (Å²) >= 11 is 0. The van der Waals surface area contributed by atoms with E-state index in [4.69, 9.17) is 4.74 Å². The largest absolute Gasteiger partial charge is 0.497 e. The van der Waals surface area contributed by atoms with Crippen molar-refractivity contribution in [2.24, 2.45) is 0 Å². The molecule has 106 valence electrons. The van der Waals surface area contributed by atoms with Crippen molar-refractivity contribution in [1.82, 2.24) is 4.90 Å². The molecule has 19 heavy (non-hydrogen) atoms. The Hall–Kier alpha value is -1.62. The standard InChI is InChI=1S/C14H20FNO3/c1-5-16(9-14(2,3)18)13(17)11-7-6-10(19-4)8-12(11)15/h6-8,18H,5,9H2,1-4H3. The number of amides is 1.